The lowest BCUT2D eigenvalue weighted by atomic mass is 10.0. The van der Waals surface area contributed by atoms with E-state index in [1.54, 1.807) is 0 Å². The van der Waals surface area contributed by atoms with Crippen LogP contribution >= 0.6 is 0 Å². The van der Waals surface area contributed by atoms with Gasteiger partial charge in [-0.05, 0) is 24.1 Å². The number of anilines is 1. The Morgan fingerprint density at radius 2 is 1.43 bits per heavy atom. The van der Waals surface area contributed by atoms with Crippen LogP contribution in [0.25, 0.3) is 11.1 Å². The minimum absolute atomic E-state index is 0.0508. The Kier molecular flexibility index (Phi) is 6.57. The Labute approximate surface area is 179 Å². The molecule has 0 saturated carbocycles. The van der Waals surface area contributed by atoms with Gasteiger partial charge in [-0.1, -0.05) is 78.9 Å². The third kappa shape index (κ3) is 4.96. The van der Waals surface area contributed by atoms with Crippen LogP contribution in [0, 0.1) is 0 Å². The van der Waals surface area contributed by atoms with Crippen LogP contribution in [0.1, 0.15) is 12.5 Å². The summed E-state index contributed by atoms with van der Waals surface area (Å²) in [6.07, 6.45) is 0. The number of rotatable bonds is 6. The lowest BCUT2D eigenvalue weighted by molar-refractivity contribution is -0.121. The van der Waals surface area contributed by atoms with Gasteiger partial charge in [0.2, 0.25) is 5.91 Å². The van der Waals surface area contributed by atoms with Crippen molar-refractivity contribution in [2.24, 2.45) is 0 Å². The highest BCUT2D eigenvalue weighted by atomic mass is 16.2. The van der Waals surface area contributed by atoms with Crippen molar-refractivity contribution in [2.45, 2.75) is 19.5 Å². The van der Waals surface area contributed by atoms with Crippen molar-refractivity contribution in [1.29, 1.82) is 0 Å². The predicted molar refractivity (Wildman–Crippen MR) is 123 cm³/mol. The number of piperazine rings is 1. The van der Waals surface area contributed by atoms with E-state index in [0.717, 1.165) is 49.5 Å². The summed E-state index contributed by atoms with van der Waals surface area (Å²) in [4.78, 5) is 17.7. The Hall–Kier alpha value is -2.95. The summed E-state index contributed by atoms with van der Waals surface area (Å²) in [5, 5.41) is 3.16. The van der Waals surface area contributed by atoms with Crippen LogP contribution in [0.15, 0.2) is 84.9 Å². The standard InChI is InChI=1S/C26H29N3O/c1-21(29-18-16-28(17-19-29)20-22-10-4-2-5-11-22)26(30)27-25-15-9-8-14-24(25)23-12-6-3-7-13-23/h2-15,21H,16-20H2,1H3,(H,27,30)/t21-/m0/s1. The van der Waals surface area contributed by atoms with Crippen molar-refractivity contribution in [3.63, 3.8) is 0 Å². The molecule has 1 atom stereocenters. The molecule has 3 aromatic rings. The summed E-state index contributed by atoms with van der Waals surface area (Å²) in [6, 6.07) is 28.6. The van der Waals surface area contributed by atoms with E-state index in [4.69, 9.17) is 0 Å². The molecule has 4 rings (SSSR count). The van der Waals surface area contributed by atoms with Crippen molar-refractivity contribution in [1.82, 2.24) is 9.80 Å². The van der Waals surface area contributed by atoms with Crippen LogP contribution in [0.2, 0.25) is 0 Å². The second-order valence-corrected chi connectivity index (χ2v) is 7.87. The zero-order chi connectivity index (χ0) is 20.8. The number of hydrogen-bond donors (Lipinski definition) is 1. The van der Waals surface area contributed by atoms with Crippen LogP contribution < -0.4 is 5.32 Å². The van der Waals surface area contributed by atoms with Gasteiger partial charge in [0.15, 0.2) is 0 Å². The van der Waals surface area contributed by atoms with Crippen LogP contribution in [-0.2, 0) is 11.3 Å². The molecular formula is C26H29N3O. The van der Waals surface area contributed by atoms with Gasteiger partial charge in [-0.15, -0.1) is 0 Å². The zero-order valence-corrected chi connectivity index (χ0v) is 17.5. The third-order valence-corrected chi connectivity index (χ3v) is 5.85. The second-order valence-electron chi connectivity index (χ2n) is 7.87. The van der Waals surface area contributed by atoms with Gasteiger partial charge in [0.05, 0.1) is 6.04 Å². The fraction of sp³-hybridized carbons (Fsp3) is 0.269. The van der Waals surface area contributed by atoms with Crippen molar-refractivity contribution in [3.05, 3.63) is 90.5 Å². The second kappa shape index (κ2) is 9.70. The zero-order valence-electron chi connectivity index (χ0n) is 17.5. The highest BCUT2D eigenvalue weighted by molar-refractivity contribution is 5.98. The number of benzene rings is 3. The van der Waals surface area contributed by atoms with Gasteiger partial charge in [-0.2, -0.15) is 0 Å². The lowest BCUT2D eigenvalue weighted by Gasteiger charge is -2.37. The van der Waals surface area contributed by atoms with Crippen molar-refractivity contribution in [2.75, 3.05) is 31.5 Å². The average Bonchev–Trinajstić information content (AvgIpc) is 2.81. The molecule has 1 N–H and O–H groups in total. The van der Waals surface area contributed by atoms with E-state index in [2.05, 4.69) is 63.6 Å². The number of hydrogen-bond acceptors (Lipinski definition) is 3. The molecule has 154 valence electrons. The molecule has 1 aliphatic rings. The van der Waals surface area contributed by atoms with E-state index < -0.39 is 0 Å². The molecule has 1 amide bonds. The van der Waals surface area contributed by atoms with Gasteiger partial charge in [0, 0.05) is 44.0 Å². The number of amides is 1. The first-order valence-electron chi connectivity index (χ1n) is 10.7. The Morgan fingerprint density at radius 3 is 2.13 bits per heavy atom. The highest BCUT2D eigenvalue weighted by Crippen LogP contribution is 2.27. The van der Waals surface area contributed by atoms with Gasteiger partial charge in [0.1, 0.15) is 0 Å². The van der Waals surface area contributed by atoms with E-state index in [9.17, 15) is 4.79 Å². The van der Waals surface area contributed by atoms with Crippen LogP contribution in [0.4, 0.5) is 5.69 Å². The average molecular weight is 400 g/mol. The molecule has 4 heteroatoms. The maximum Gasteiger partial charge on any atom is 0.241 e. The first kappa shape index (κ1) is 20.3. The Morgan fingerprint density at radius 1 is 0.833 bits per heavy atom. The summed E-state index contributed by atoms with van der Waals surface area (Å²) >= 11 is 0. The summed E-state index contributed by atoms with van der Waals surface area (Å²) < 4.78 is 0. The van der Waals surface area contributed by atoms with Crippen molar-refractivity contribution in [3.8, 4) is 11.1 Å². The van der Waals surface area contributed by atoms with Gasteiger partial charge in [0.25, 0.3) is 0 Å². The first-order chi connectivity index (χ1) is 14.7. The van der Waals surface area contributed by atoms with Gasteiger partial charge in [-0.3, -0.25) is 14.6 Å². The topological polar surface area (TPSA) is 35.6 Å². The first-order valence-corrected chi connectivity index (χ1v) is 10.7. The van der Waals surface area contributed by atoms with E-state index in [0.29, 0.717) is 0 Å². The molecule has 0 radical (unpaired) electrons. The molecule has 30 heavy (non-hydrogen) atoms. The van der Waals surface area contributed by atoms with Gasteiger partial charge < -0.3 is 5.32 Å². The number of carbonyl (C=O) groups is 1. The molecule has 1 fully saturated rings. The number of nitrogens with one attached hydrogen (secondary N) is 1. The summed E-state index contributed by atoms with van der Waals surface area (Å²) in [7, 11) is 0. The molecule has 0 spiro atoms. The third-order valence-electron chi connectivity index (χ3n) is 5.85. The monoisotopic (exact) mass is 399 g/mol. The fourth-order valence-corrected chi connectivity index (χ4v) is 4.01. The molecular weight excluding hydrogens is 370 g/mol. The maximum absolute atomic E-state index is 13.0. The predicted octanol–water partition coefficient (Wildman–Crippen LogP) is 4.50. The van der Waals surface area contributed by atoms with Crippen molar-refractivity contribution < 1.29 is 4.79 Å². The largest absolute Gasteiger partial charge is 0.324 e. The fourth-order valence-electron chi connectivity index (χ4n) is 4.01. The highest BCUT2D eigenvalue weighted by Gasteiger charge is 2.26. The minimum Gasteiger partial charge on any atom is -0.324 e. The summed E-state index contributed by atoms with van der Waals surface area (Å²) in [5.74, 6) is 0.0508. The molecule has 0 bridgehead atoms. The number of carbonyl (C=O) groups excluding carboxylic acids is 1. The van der Waals surface area contributed by atoms with Crippen LogP contribution in [0.3, 0.4) is 0 Å². The SMILES string of the molecule is C[C@@H](C(=O)Nc1ccccc1-c1ccccc1)N1CCN(Cc2ccccc2)CC1. The van der Waals surface area contributed by atoms with E-state index in [-0.39, 0.29) is 11.9 Å². The van der Waals surface area contributed by atoms with Crippen molar-refractivity contribution >= 4 is 11.6 Å². The van der Waals surface area contributed by atoms with Gasteiger partial charge >= 0.3 is 0 Å². The minimum atomic E-state index is -0.160. The molecule has 4 nitrogen and oxygen atoms in total. The smallest absolute Gasteiger partial charge is 0.241 e. The van der Waals surface area contributed by atoms with E-state index in [1.807, 2.05) is 43.3 Å². The van der Waals surface area contributed by atoms with Crippen LogP contribution in [0.5, 0.6) is 0 Å². The van der Waals surface area contributed by atoms with Crippen LogP contribution in [-0.4, -0.2) is 47.9 Å². The molecule has 0 unspecified atom stereocenters. The molecule has 0 aromatic heterocycles. The molecule has 0 aliphatic carbocycles. The molecule has 1 saturated heterocycles. The maximum atomic E-state index is 13.0. The molecule has 1 heterocycles. The van der Waals surface area contributed by atoms with Gasteiger partial charge in [-0.25, -0.2) is 0 Å². The van der Waals surface area contributed by atoms with E-state index in [1.165, 1.54) is 5.56 Å². The van der Waals surface area contributed by atoms with E-state index >= 15 is 0 Å². The number of para-hydroxylation sites is 1. The summed E-state index contributed by atoms with van der Waals surface area (Å²) in [5.41, 5.74) is 4.36. The normalized spacial score (nSPS) is 16.2. The Bertz CT molecular complexity index is 950. The summed E-state index contributed by atoms with van der Waals surface area (Å²) in [6.45, 7) is 6.75. The molecule has 1 aliphatic heterocycles. The quantitative estimate of drug-likeness (QED) is 0.663. The molecule has 3 aromatic carbocycles. The number of nitrogens with zero attached hydrogens (tertiary/aromatic N) is 2. The Balaban J connectivity index is 1.35. The lowest BCUT2D eigenvalue weighted by Crippen LogP contribution is -2.52.